The molecule has 1 aromatic rings. The average molecular weight is 283 g/mol. The van der Waals surface area contributed by atoms with Crippen molar-refractivity contribution >= 4 is 11.6 Å². The van der Waals surface area contributed by atoms with E-state index in [-0.39, 0.29) is 6.10 Å². The van der Waals surface area contributed by atoms with Crippen LogP contribution in [0.5, 0.6) is 11.6 Å². The quantitative estimate of drug-likeness (QED) is 0.926. The van der Waals surface area contributed by atoms with Gasteiger partial charge in [-0.2, -0.15) is 0 Å². The molecule has 1 saturated heterocycles. The second-order valence-corrected chi connectivity index (χ2v) is 5.99. The monoisotopic (exact) mass is 282 g/mol. The van der Waals surface area contributed by atoms with E-state index < -0.39 is 0 Å². The van der Waals surface area contributed by atoms with Gasteiger partial charge in [0.15, 0.2) is 0 Å². The van der Waals surface area contributed by atoms with Crippen molar-refractivity contribution in [1.82, 2.24) is 10.3 Å². The first kappa shape index (κ1) is 13.0. The van der Waals surface area contributed by atoms with Gasteiger partial charge in [-0.05, 0) is 31.1 Å². The van der Waals surface area contributed by atoms with Gasteiger partial charge in [-0.25, -0.2) is 4.98 Å². The first-order valence-electron chi connectivity index (χ1n) is 6.78. The van der Waals surface area contributed by atoms with E-state index in [4.69, 9.17) is 21.1 Å². The Balaban J connectivity index is 1.59. The zero-order valence-electron chi connectivity index (χ0n) is 11.1. The lowest BCUT2D eigenvalue weighted by Crippen LogP contribution is -2.55. The summed E-state index contributed by atoms with van der Waals surface area (Å²) in [6.07, 6.45) is 6.55. The van der Waals surface area contributed by atoms with E-state index in [0.717, 1.165) is 12.8 Å². The van der Waals surface area contributed by atoms with Gasteiger partial charge in [0.25, 0.3) is 0 Å². The summed E-state index contributed by atoms with van der Waals surface area (Å²) in [7, 11) is 1.60. The molecule has 1 N–H and O–H groups in total. The average Bonchev–Trinajstić information content (AvgIpc) is 2.40. The zero-order chi connectivity index (χ0) is 13.3. The van der Waals surface area contributed by atoms with E-state index in [0.29, 0.717) is 22.1 Å². The van der Waals surface area contributed by atoms with Crippen LogP contribution < -0.4 is 14.8 Å². The van der Waals surface area contributed by atoms with E-state index in [1.54, 1.807) is 19.4 Å². The Bertz CT molecular complexity index is 453. The molecule has 1 saturated carbocycles. The van der Waals surface area contributed by atoms with Crippen LogP contribution in [-0.2, 0) is 0 Å². The van der Waals surface area contributed by atoms with E-state index in [2.05, 4.69) is 10.3 Å². The summed E-state index contributed by atoms with van der Waals surface area (Å²) in [6.45, 7) is 2.35. The number of halogens is 1. The molecule has 3 rings (SSSR count). The Hall–Kier alpha value is -1.00. The summed E-state index contributed by atoms with van der Waals surface area (Å²) in [5, 5.41) is 3.89. The minimum atomic E-state index is 0.268. The maximum Gasteiger partial charge on any atom is 0.217 e. The first-order chi connectivity index (χ1) is 9.21. The summed E-state index contributed by atoms with van der Waals surface area (Å²) in [5.41, 5.74) is 0.560. The van der Waals surface area contributed by atoms with E-state index in [9.17, 15) is 0 Å². The van der Waals surface area contributed by atoms with Crippen molar-refractivity contribution in [3.63, 3.8) is 0 Å². The summed E-state index contributed by atoms with van der Waals surface area (Å²) in [6, 6.07) is 1.76. The lowest BCUT2D eigenvalue weighted by Gasteiger charge is -2.47. The van der Waals surface area contributed by atoms with Crippen LogP contribution in [0.2, 0.25) is 5.02 Å². The van der Waals surface area contributed by atoms with E-state index >= 15 is 0 Å². The number of hydrogen-bond donors (Lipinski definition) is 1. The minimum absolute atomic E-state index is 0.268. The highest BCUT2D eigenvalue weighted by Crippen LogP contribution is 2.40. The van der Waals surface area contributed by atoms with Gasteiger partial charge in [-0.3, -0.25) is 0 Å². The second-order valence-electron chi connectivity index (χ2n) is 5.58. The number of hydrogen-bond acceptors (Lipinski definition) is 4. The molecule has 2 fully saturated rings. The van der Waals surface area contributed by atoms with E-state index in [1.807, 2.05) is 0 Å². The number of nitrogens with one attached hydrogen (secondary N) is 1. The fraction of sp³-hybridized carbons (Fsp3) is 0.643. The molecule has 0 atom stereocenters. The summed E-state index contributed by atoms with van der Waals surface area (Å²) in [4.78, 5) is 4.20. The van der Waals surface area contributed by atoms with Gasteiger partial charge >= 0.3 is 0 Å². The highest BCUT2D eigenvalue weighted by Gasteiger charge is 2.40. The molecule has 2 aliphatic rings. The maximum atomic E-state index is 5.95. The topological polar surface area (TPSA) is 43.4 Å². The summed E-state index contributed by atoms with van der Waals surface area (Å²) >= 11 is 5.95. The Morgan fingerprint density at radius 3 is 2.68 bits per heavy atom. The molecule has 0 unspecified atom stereocenters. The van der Waals surface area contributed by atoms with Crippen molar-refractivity contribution in [2.24, 2.45) is 5.41 Å². The molecule has 0 radical (unpaired) electrons. The van der Waals surface area contributed by atoms with Crippen molar-refractivity contribution in [1.29, 1.82) is 0 Å². The van der Waals surface area contributed by atoms with Crippen LogP contribution >= 0.6 is 11.6 Å². The van der Waals surface area contributed by atoms with Crippen LogP contribution in [0.15, 0.2) is 12.3 Å². The van der Waals surface area contributed by atoms with Crippen molar-refractivity contribution in [3.05, 3.63) is 17.3 Å². The molecule has 0 aromatic carbocycles. The molecular formula is C14H19ClN2O2. The molecule has 1 aliphatic carbocycles. The molecular weight excluding hydrogens is 264 g/mol. The lowest BCUT2D eigenvalue weighted by atomic mass is 9.69. The number of pyridine rings is 1. The van der Waals surface area contributed by atoms with Gasteiger partial charge in [0.2, 0.25) is 5.88 Å². The first-order valence-corrected chi connectivity index (χ1v) is 7.15. The van der Waals surface area contributed by atoms with Gasteiger partial charge in [0, 0.05) is 19.2 Å². The number of ether oxygens (including phenoxy) is 2. The smallest absolute Gasteiger partial charge is 0.217 e. The largest absolute Gasteiger partial charge is 0.495 e. The lowest BCUT2D eigenvalue weighted by molar-refractivity contribution is 0.0401. The van der Waals surface area contributed by atoms with Crippen LogP contribution in [0.3, 0.4) is 0 Å². The number of nitrogens with zero attached hydrogens (tertiary/aromatic N) is 1. The molecule has 4 nitrogen and oxygen atoms in total. The molecule has 0 amide bonds. The molecule has 104 valence electrons. The highest BCUT2D eigenvalue weighted by molar-refractivity contribution is 6.31. The fourth-order valence-corrected chi connectivity index (χ4v) is 3.13. The molecule has 5 heteroatoms. The normalized spacial score (nSPS) is 22.0. The minimum Gasteiger partial charge on any atom is -0.495 e. The third-order valence-electron chi connectivity index (χ3n) is 4.30. The van der Waals surface area contributed by atoms with Crippen LogP contribution in [0.25, 0.3) is 0 Å². The SMILES string of the molecule is COc1cc(OC2CCC3(CC2)CNC3)ncc1Cl. The molecule has 1 aromatic heterocycles. The van der Waals surface area contributed by atoms with E-state index in [1.165, 1.54) is 25.9 Å². The van der Waals surface area contributed by atoms with Gasteiger partial charge in [0.05, 0.1) is 13.3 Å². The maximum absolute atomic E-state index is 5.95. The van der Waals surface area contributed by atoms with Gasteiger partial charge < -0.3 is 14.8 Å². The predicted octanol–water partition coefficient (Wildman–Crippen LogP) is 2.65. The van der Waals surface area contributed by atoms with Crippen LogP contribution in [-0.4, -0.2) is 31.3 Å². The highest BCUT2D eigenvalue weighted by atomic mass is 35.5. The van der Waals surface area contributed by atoms with Gasteiger partial charge in [-0.1, -0.05) is 11.6 Å². The predicted molar refractivity (Wildman–Crippen MR) is 74.0 cm³/mol. The number of aromatic nitrogens is 1. The summed E-state index contributed by atoms with van der Waals surface area (Å²) < 4.78 is 11.1. The standard InChI is InChI=1S/C14H19ClN2O2/c1-18-12-6-13(17-7-11(12)15)19-10-2-4-14(5-3-10)8-16-9-14/h6-7,10,16H,2-5,8-9H2,1H3. The zero-order valence-corrected chi connectivity index (χ0v) is 11.9. The van der Waals surface area contributed by atoms with Crippen molar-refractivity contribution < 1.29 is 9.47 Å². The van der Waals surface area contributed by atoms with Gasteiger partial charge in [-0.15, -0.1) is 0 Å². The van der Waals surface area contributed by atoms with Crippen molar-refractivity contribution in [2.45, 2.75) is 31.8 Å². The Morgan fingerprint density at radius 2 is 2.11 bits per heavy atom. The molecule has 1 spiro atoms. The van der Waals surface area contributed by atoms with Crippen molar-refractivity contribution in [2.75, 3.05) is 20.2 Å². The summed E-state index contributed by atoms with van der Waals surface area (Å²) in [5.74, 6) is 1.22. The number of rotatable bonds is 3. The third kappa shape index (κ3) is 2.65. The Kier molecular flexibility index (Phi) is 3.54. The van der Waals surface area contributed by atoms with Crippen LogP contribution in [0, 0.1) is 5.41 Å². The van der Waals surface area contributed by atoms with Crippen molar-refractivity contribution in [3.8, 4) is 11.6 Å². The Morgan fingerprint density at radius 1 is 1.37 bits per heavy atom. The van der Waals surface area contributed by atoms with Crippen LogP contribution in [0.4, 0.5) is 0 Å². The van der Waals surface area contributed by atoms with Crippen LogP contribution in [0.1, 0.15) is 25.7 Å². The van der Waals surface area contributed by atoms with Gasteiger partial charge in [0.1, 0.15) is 16.9 Å². The molecule has 19 heavy (non-hydrogen) atoms. The molecule has 0 bridgehead atoms. The third-order valence-corrected chi connectivity index (χ3v) is 4.58. The Labute approximate surface area is 118 Å². The second kappa shape index (κ2) is 5.17. The fourth-order valence-electron chi connectivity index (χ4n) is 2.95. The molecule has 2 heterocycles. The number of methoxy groups -OCH3 is 1. The molecule has 1 aliphatic heterocycles.